The molecule has 1 unspecified atom stereocenters. The molecule has 3 aromatic carbocycles. The highest BCUT2D eigenvalue weighted by atomic mass is 19.1. The average Bonchev–Trinajstić information content (AvgIpc) is 3.58. The number of aliphatic hydroxyl groups is 2. The summed E-state index contributed by atoms with van der Waals surface area (Å²) < 4.78 is 21.9. The van der Waals surface area contributed by atoms with E-state index in [1.807, 2.05) is 30.5 Å². The standard InChI is InChI=1S/C34H36FN3O4/c1-33(2,21-42-3)31-30(22-5-7-23(8-6-22)32(40)37-14-4-13-34(41,19-37)20-39)28-15-24-17-36-18-25(24)16-29(28)38(31)27-11-9-26(35)10-12-27/h5-12,15-16,18,39,41H,4,13-14,17,19-21H2,1-3H3. The summed E-state index contributed by atoms with van der Waals surface area (Å²) >= 11 is 0. The van der Waals surface area contributed by atoms with Crippen molar-refractivity contribution in [3.05, 3.63) is 88.9 Å². The molecule has 0 radical (unpaired) electrons. The monoisotopic (exact) mass is 569 g/mol. The Morgan fingerprint density at radius 2 is 1.86 bits per heavy atom. The first-order valence-corrected chi connectivity index (χ1v) is 14.3. The molecule has 7 nitrogen and oxygen atoms in total. The Morgan fingerprint density at radius 1 is 1.12 bits per heavy atom. The molecule has 2 aliphatic heterocycles. The number of fused-ring (bicyclic) bond motifs is 2. The summed E-state index contributed by atoms with van der Waals surface area (Å²) in [5, 5.41) is 21.3. The molecule has 218 valence electrons. The van der Waals surface area contributed by atoms with Crippen LogP contribution in [0.25, 0.3) is 27.7 Å². The number of hydrogen-bond acceptors (Lipinski definition) is 5. The minimum atomic E-state index is -1.26. The Labute approximate surface area is 244 Å². The first-order chi connectivity index (χ1) is 20.1. The third-order valence-corrected chi connectivity index (χ3v) is 8.51. The number of halogens is 1. The van der Waals surface area contributed by atoms with E-state index in [0.29, 0.717) is 38.1 Å². The predicted octanol–water partition coefficient (Wildman–Crippen LogP) is 5.25. The van der Waals surface area contributed by atoms with E-state index < -0.39 is 11.0 Å². The maximum absolute atomic E-state index is 14.0. The number of rotatable bonds is 7. The van der Waals surface area contributed by atoms with Crippen molar-refractivity contribution in [1.29, 1.82) is 0 Å². The van der Waals surface area contributed by atoms with Crippen molar-refractivity contribution in [2.45, 2.75) is 44.2 Å². The summed E-state index contributed by atoms with van der Waals surface area (Å²) in [7, 11) is 1.69. The van der Waals surface area contributed by atoms with Gasteiger partial charge in [0.05, 0.1) is 31.8 Å². The highest BCUT2D eigenvalue weighted by molar-refractivity contribution is 6.04. The van der Waals surface area contributed by atoms with Gasteiger partial charge in [-0.25, -0.2) is 4.39 Å². The van der Waals surface area contributed by atoms with E-state index in [1.165, 1.54) is 12.1 Å². The lowest BCUT2D eigenvalue weighted by molar-refractivity contribution is -0.0598. The zero-order valence-corrected chi connectivity index (χ0v) is 24.2. The SMILES string of the molecule is COCC(C)(C)c1c(-c2ccc(C(=O)N3CCCC(O)(CO)C3)cc2)c2cc3c(cc2n1-c1ccc(F)cc1)C=NC3. The van der Waals surface area contributed by atoms with Crippen LogP contribution in [0.3, 0.4) is 0 Å². The third kappa shape index (κ3) is 4.93. The van der Waals surface area contributed by atoms with Crippen LogP contribution in [0, 0.1) is 5.82 Å². The minimum Gasteiger partial charge on any atom is -0.393 e. The Hall–Kier alpha value is -3.85. The normalized spacial score (nSPS) is 18.6. The smallest absolute Gasteiger partial charge is 0.253 e. The molecular formula is C34H36FN3O4. The van der Waals surface area contributed by atoms with Crippen LogP contribution in [0.2, 0.25) is 0 Å². The number of benzene rings is 3. The number of ether oxygens (including phenoxy) is 1. The van der Waals surface area contributed by atoms with Gasteiger partial charge in [-0.05, 0) is 78.1 Å². The van der Waals surface area contributed by atoms with Gasteiger partial charge in [0, 0.05) is 53.2 Å². The lowest BCUT2D eigenvalue weighted by atomic mass is 9.84. The van der Waals surface area contributed by atoms with E-state index in [0.717, 1.165) is 44.5 Å². The number of aromatic nitrogens is 1. The number of likely N-dealkylation sites (tertiary alicyclic amines) is 1. The number of aliphatic imine (C=N–C) groups is 1. The van der Waals surface area contributed by atoms with E-state index in [4.69, 9.17) is 4.74 Å². The summed E-state index contributed by atoms with van der Waals surface area (Å²) in [6.07, 6.45) is 3.00. The number of carbonyl (C=O) groups is 1. The topological polar surface area (TPSA) is 87.3 Å². The van der Waals surface area contributed by atoms with Gasteiger partial charge in [-0.3, -0.25) is 9.79 Å². The van der Waals surface area contributed by atoms with Crippen LogP contribution >= 0.6 is 0 Å². The van der Waals surface area contributed by atoms with Crippen molar-refractivity contribution in [1.82, 2.24) is 9.47 Å². The molecule has 0 aliphatic carbocycles. The molecule has 2 N–H and O–H groups in total. The second-order valence-electron chi connectivity index (χ2n) is 12.2. The largest absolute Gasteiger partial charge is 0.393 e. The number of nitrogens with zero attached hydrogens (tertiary/aromatic N) is 3. The quantitative estimate of drug-likeness (QED) is 0.318. The molecule has 1 aromatic heterocycles. The van der Waals surface area contributed by atoms with Gasteiger partial charge < -0.3 is 24.4 Å². The highest BCUT2D eigenvalue weighted by Crippen LogP contribution is 2.44. The maximum atomic E-state index is 14.0. The molecule has 2 aliphatic rings. The van der Waals surface area contributed by atoms with Crippen molar-refractivity contribution in [3.8, 4) is 16.8 Å². The number of hydrogen-bond donors (Lipinski definition) is 2. The Morgan fingerprint density at radius 3 is 2.55 bits per heavy atom. The van der Waals surface area contributed by atoms with Crippen molar-refractivity contribution < 1.29 is 24.1 Å². The van der Waals surface area contributed by atoms with E-state index >= 15 is 0 Å². The van der Waals surface area contributed by atoms with E-state index in [9.17, 15) is 19.4 Å². The number of carbonyl (C=O) groups excluding carboxylic acids is 1. The molecule has 3 heterocycles. The molecular weight excluding hydrogens is 533 g/mol. The fourth-order valence-electron chi connectivity index (χ4n) is 6.49. The second kappa shape index (κ2) is 10.8. The summed E-state index contributed by atoms with van der Waals surface area (Å²) in [5.74, 6) is -0.468. The molecule has 1 atom stereocenters. The van der Waals surface area contributed by atoms with Crippen molar-refractivity contribution in [2.24, 2.45) is 4.99 Å². The predicted molar refractivity (Wildman–Crippen MR) is 162 cm³/mol. The van der Waals surface area contributed by atoms with Crippen molar-refractivity contribution in [3.63, 3.8) is 0 Å². The van der Waals surface area contributed by atoms with Crippen LogP contribution < -0.4 is 0 Å². The van der Waals surface area contributed by atoms with Crippen molar-refractivity contribution >= 4 is 23.0 Å². The number of amides is 1. The molecule has 8 heteroatoms. The Bertz CT molecular complexity index is 1670. The van der Waals surface area contributed by atoms with Gasteiger partial charge in [-0.2, -0.15) is 0 Å². The maximum Gasteiger partial charge on any atom is 0.253 e. The number of methoxy groups -OCH3 is 1. The number of β-amino-alcohol motifs (C(OH)–C–C–N with tert-alkyl or cyclic N) is 1. The Kier molecular flexibility index (Phi) is 7.25. The van der Waals surface area contributed by atoms with Crippen LogP contribution in [0.4, 0.5) is 4.39 Å². The van der Waals surface area contributed by atoms with Crippen LogP contribution in [0.1, 0.15) is 53.9 Å². The summed E-state index contributed by atoms with van der Waals surface area (Å²) in [6.45, 7) is 5.63. The van der Waals surface area contributed by atoms with Crippen LogP contribution in [-0.2, 0) is 16.7 Å². The van der Waals surface area contributed by atoms with Crippen LogP contribution in [0.15, 0.2) is 65.7 Å². The van der Waals surface area contributed by atoms with Gasteiger partial charge in [-0.1, -0.05) is 26.0 Å². The molecule has 6 rings (SSSR count). The zero-order valence-electron chi connectivity index (χ0n) is 24.2. The molecule has 1 saturated heterocycles. The van der Waals surface area contributed by atoms with Gasteiger partial charge in [-0.15, -0.1) is 0 Å². The molecule has 1 fully saturated rings. The highest BCUT2D eigenvalue weighted by Gasteiger charge is 2.36. The zero-order chi connectivity index (χ0) is 29.6. The van der Waals surface area contributed by atoms with E-state index in [-0.39, 0.29) is 24.9 Å². The summed E-state index contributed by atoms with van der Waals surface area (Å²) in [4.78, 5) is 19.5. The molecule has 1 amide bonds. The Balaban J connectivity index is 1.52. The number of aliphatic hydroxyl groups excluding tert-OH is 1. The van der Waals surface area contributed by atoms with Gasteiger partial charge in [0.25, 0.3) is 5.91 Å². The molecule has 42 heavy (non-hydrogen) atoms. The fraction of sp³-hybridized carbons (Fsp3) is 0.353. The first-order valence-electron chi connectivity index (χ1n) is 14.3. The fourth-order valence-corrected chi connectivity index (χ4v) is 6.49. The molecule has 0 saturated carbocycles. The third-order valence-electron chi connectivity index (χ3n) is 8.51. The lowest BCUT2D eigenvalue weighted by Gasteiger charge is -2.38. The van der Waals surface area contributed by atoms with Crippen LogP contribution in [0.5, 0.6) is 0 Å². The van der Waals surface area contributed by atoms with Crippen molar-refractivity contribution in [2.75, 3.05) is 33.4 Å². The lowest BCUT2D eigenvalue weighted by Crippen LogP contribution is -2.52. The van der Waals surface area contributed by atoms with E-state index in [2.05, 4.69) is 35.5 Å². The summed E-state index contributed by atoms with van der Waals surface area (Å²) in [5.41, 5.74) is 5.86. The number of piperidine rings is 1. The molecule has 4 aromatic rings. The first kappa shape index (κ1) is 28.3. The summed E-state index contributed by atoms with van der Waals surface area (Å²) in [6, 6.07) is 18.5. The molecule has 0 bridgehead atoms. The van der Waals surface area contributed by atoms with E-state index in [1.54, 1.807) is 24.1 Å². The second-order valence-corrected chi connectivity index (χ2v) is 12.2. The van der Waals surface area contributed by atoms with Gasteiger partial charge in [0.15, 0.2) is 0 Å². The van der Waals surface area contributed by atoms with Gasteiger partial charge >= 0.3 is 0 Å². The average molecular weight is 570 g/mol. The molecule has 0 spiro atoms. The minimum absolute atomic E-state index is 0.109. The van der Waals surface area contributed by atoms with Crippen LogP contribution in [-0.4, -0.2) is 70.8 Å². The van der Waals surface area contributed by atoms with Gasteiger partial charge in [0.2, 0.25) is 0 Å². The van der Waals surface area contributed by atoms with Gasteiger partial charge in [0.1, 0.15) is 11.4 Å².